The summed E-state index contributed by atoms with van der Waals surface area (Å²) in [5.74, 6) is 0.600. The highest BCUT2D eigenvalue weighted by Gasteiger charge is 2.41. The molecule has 0 radical (unpaired) electrons. The molecule has 1 atom stereocenters. The lowest BCUT2D eigenvalue weighted by molar-refractivity contribution is -0.138. The summed E-state index contributed by atoms with van der Waals surface area (Å²) in [7, 11) is 1.91. The van der Waals surface area contributed by atoms with Gasteiger partial charge in [0.1, 0.15) is 12.2 Å². The summed E-state index contributed by atoms with van der Waals surface area (Å²) in [5, 5.41) is 18.8. The van der Waals surface area contributed by atoms with Gasteiger partial charge in [-0.2, -0.15) is 13.2 Å². The Kier molecular flexibility index (Phi) is 8.89. The summed E-state index contributed by atoms with van der Waals surface area (Å²) in [6.07, 6.45) is 1.94. The van der Waals surface area contributed by atoms with Crippen molar-refractivity contribution in [2.75, 3.05) is 18.1 Å². The minimum absolute atomic E-state index is 0.0378. The maximum atomic E-state index is 14.2. The Bertz CT molecular complexity index is 1460. The second-order valence-electron chi connectivity index (χ2n) is 11.8. The Morgan fingerprint density at radius 1 is 1.21 bits per heavy atom. The van der Waals surface area contributed by atoms with Crippen LogP contribution < -0.4 is 10.2 Å². The number of nitrogens with zero attached hydrogens (tertiary/aromatic N) is 4. The summed E-state index contributed by atoms with van der Waals surface area (Å²) in [6, 6.07) is 10.4. The molecular weight excluding hydrogens is 563 g/mol. The van der Waals surface area contributed by atoms with Gasteiger partial charge < -0.3 is 24.6 Å². The van der Waals surface area contributed by atoms with E-state index in [1.165, 1.54) is 11.0 Å². The highest BCUT2D eigenvalue weighted by Crippen LogP contribution is 2.42. The van der Waals surface area contributed by atoms with Crippen LogP contribution in [-0.2, 0) is 35.8 Å². The fourth-order valence-corrected chi connectivity index (χ4v) is 6.37. The van der Waals surface area contributed by atoms with E-state index in [2.05, 4.69) is 22.4 Å². The van der Waals surface area contributed by atoms with Gasteiger partial charge in [-0.1, -0.05) is 12.1 Å². The van der Waals surface area contributed by atoms with Crippen molar-refractivity contribution in [3.63, 3.8) is 0 Å². The first-order valence-corrected chi connectivity index (χ1v) is 14.4. The third-order valence-electron chi connectivity index (χ3n) is 8.89. The predicted octanol–water partition coefficient (Wildman–Crippen LogP) is 5.29. The molecule has 3 aliphatic rings. The first-order chi connectivity index (χ1) is 20.5. The predicted molar refractivity (Wildman–Crippen MR) is 153 cm³/mol. The van der Waals surface area contributed by atoms with Gasteiger partial charge in [-0.05, 0) is 85.9 Å². The summed E-state index contributed by atoms with van der Waals surface area (Å²) in [5.41, 5.74) is 1.39. The maximum Gasteiger partial charge on any atom is 0.416 e. The zero-order valence-electron chi connectivity index (χ0n) is 24.2. The molecule has 2 aromatic carbocycles. The first kappa shape index (κ1) is 30.7. The highest BCUT2D eigenvalue weighted by molar-refractivity contribution is 6.10. The number of anilines is 1. The Labute approximate surface area is 248 Å². The van der Waals surface area contributed by atoms with Crippen LogP contribution >= 0.6 is 0 Å². The fraction of sp³-hybridized carbons (Fsp3) is 0.484. The van der Waals surface area contributed by atoms with Gasteiger partial charge in [0.25, 0.3) is 12.4 Å². The number of carbonyl (C=O) groups is 2. The number of fused-ring (bicyclic) bond motifs is 1. The van der Waals surface area contributed by atoms with E-state index in [0.29, 0.717) is 31.0 Å². The number of nitrogens with one attached hydrogen (secondary N) is 1. The SMILES string of the molecule is Cn1cnnc1[C@H](c1cccc(N2Cc3c(cc(CNC4(C)CCC4)cc3C(F)(F)F)C2=O)c1)C1CCOCC1.O=CO. The van der Waals surface area contributed by atoms with Crippen LogP contribution in [0, 0.1) is 5.92 Å². The Hall–Kier alpha value is -3.77. The number of benzene rings is 2. The molecule has 12 heteroatoms. The average Bonchev–Trinajstić information content (AvgIpc) is 3.54. The number of carboxylic acid groups (broad SMARTS) is 1. The molecule has 230 valence electrons. The standard InChI is InChI=1S/C30H34F3N5O2.CH2O2/c1-29(9-4-10-29)34-16-19-13-23-24(25(14-19)30(31,32)33)17-38(28(23)39)22-6-3-5-21(15-22)26(20-7-11-40-12-8-20)27-36-35-18-37(27)2;2-1-3/h3,5-6,13-15,18,20,26,34H,4,7-12,16-17H2,1-2H3;1H,(H,2,3)/t26-;/m0./s1. The van der Waals surface area contributed by atoms with Gasteiger partial charge in [0.05, 0.1) is 12.1 Å². The number of alkyl halides is 3. The lowest BCUT2D eigenvalue weighted by atomic mass is 9.78. The zero-order chi connectivity index (χ0) is 30.8. The lowest BCUT2D eigenvalue weighted by Crippen LogP contribution is -2.47. The number of halogens is 3. The van der Waals surface area contributed by atoms with E-state index in [-0.39, 0.29) is 41.5 Å². The number of aryl methyl sites for hydroxylation is 1. The molecule has 0 spiro atoms. The molecule has 0 unspecified atom stereocenters. The molecule has 3 aromatic rings. The van der Waals surface area contributed by atoms with Crippen molar-refractivity contribution in [1.82, 2.24) is 20.1 Å². The van der Waals surface area contributed by atoms with Crippen LogP contribution in [0.15, 0.2) is 42.7 Å². The Balaban J connectivity index is 0.00000118. The second kappa shape index (κ2) is 12.5. The summed E-state index contributed by atoms with van der Waals surface area (Å²) in [4.78, 5) is 23.5. The largest absolute Gasteiger partial charge is 0.483 e. The number of rotatable bonds is 7. The van der Waals surface area contributed by atoms with Crippen LogP contribution in [0.2, 0.25) is 0 Å². The van der Waals surface area contributed by atoms with Crippen molar-refractivity contribution in [2.24, 2.45) is 13.0 Å². The molecule has 1 aromatic heterocycles. The molecule has 1 saturated carbocycles. The molecule has 1 aliphatic carbocycles. The van der Waals surface area contributed by atoms with Crippen molar-refractivity contribution in [3.8, 4) is 0 Å². The van der Waals surface area contributed by atoms with Crippen LogP contribution in [0.25, 0.3) is 0 Å². The molecule has 6 rings (SSSR count). The van der Waals surface area contributed by atoms with Gasteiger partial charge in [-0.3, -0.25) is 9.59 Å². The van der Waals surface area contributed by atoms with Crippen molar-refractivity contribution in [1.29, 1.82) is 0 Å². The van der Waals surface area contributed by atoms with Gasteiger partial charge in [0.2, 0.25) is 0 Å². The molecule has 2 aliphatic heterocycles. The molecular formula is C31H36F3N5O4. The van der Waals surface area contributed by atoms with E-state index in [0.717, 1.165) is 43.5 Å². The molecule has 2 N–H and O–H groups in total. The summed E-state index contributed by atoms with van der Waals surface area (Å²) >= 11 is 0. The third kappa shape index (κ3) is 6.45. The lowest BCUT2D eigenvalue weighted by Gasteiger charge is -2.39. The minimum Gasteiger partial charge on any atom is -0.483 e. The summed E-state index contributed by atoms with van der Waals surface area (Å²) < 4.78 is 50.2. The fourth-order valence-electron chi connectivity index (χ4n) is 6.37. The number of aromatic nitrogens is 3. The molecule has 1 amide bonds. The van der Waals surface area contributed by atoms with E-state index in [4.69, 9.17) is 14.6 Å². The van der Waals surface area contributed by atoms with Gasteiger partial charge >= 0.3 is 6.18 Å². The molecule has 2 fully saturated rings. The van der Waals surface area contributed by atoms with E-state index in [9.17, 15) is 18.0 Å². The van der Waals surface area contributed by atoms with Crippen LogP contribution in [0.3, 0.4) is 0 Å². The van der Waals surface area contributed by atoms with E-state index >= 15 is 0 Å². The maximum absolute atomic E-state index is 14.2. The van der Waals surface area contributed by atoms with Crippen molar-refractivity contribution >= 4 is 18.1 Å². The number of hydrogen-bond acceptors (Lipinski definition) is 6. The van der Waals surface area contributed by atoms with E-state index in [1.54, 1.807) is 18.5 Å². The molecule has 1 saturated heterocycles. The second-order valence-corrected chi connectivity index (χ2v) is 11.8. The van der Waals surface area contributed by atoms with E-state index < -0.39 is 17.6 Å². The van der Waals surface area contributed by atoms with Crippen LogP contribution in [-0.4, -0.2) is 51.0 Å². The van der Waals surface area contributed by atoms with Crippen LogP contribution in [0.1, 0.15) is 83.4 Å². The quantitative estimate of drug-likeness (QED) is 0.356. The van der Waals surface area contributed by atoms with Crippen LogP contribution in [0.4, 0.5) is 18.9 Å². The monoisotopic (exact) mass is 599 g/mol. The van der Waals surface area contributed by atoms with Crippen molar-refractivity contribution in [2.45, 2.75) is 69.8 Å². The normalized spacial score (nSPS) is 18.8. The molecule has 9 nitrogen and oxygen atoms in total. The number of hydrogen-bond donors (Lipinski definition) is 2. The highest BCUT2D eigenvalue weighted by atomic mass is 19.4. The van der Waals surface area contributed by atoms with Gasteiger partial charge in [-0.25, -0.2) is 0 Å². The van der Waals surface area contributed by atoms with Crippen molar-refractivity contribution < 1.29 is 32.6 Å². The Morgan fingerprint density at radius 3 is 2.53 bits per heavy atom. The third-order valence-corrected chi connectivity index (χ3v) is 8.89. The minimum atomic E-state index is -4.56. The smallest absolute Gasteiger partial charge is 0.416 e. The zero-order valence-corrected chi connectivity index (χ0v) is 24.2. The Morgan fingerprint density at radius 2 is 1.93 bits per heavy atom. The number of amides is 1. The van der Waals surface area contributed by atoms with Gasteiger partial charge in [0.15, 0.2) is 0 Å². The number of ether oxygens (including phenoxy) is 1. The average molecular weight is 600 g/mol. The van der Waals surface area contributed by atoms with E-state index in [1.807, 2.05) is 29.8 Å². The first-order valence-electron chi connectivity index (χ1n) is 14.4. The molecule has 3 heterocycles. The van der Waals surface area contributed by atoms with Crippen LogP contribution in [0.5, 0.6) is 0 Å². The number of carbonyl (C=O) groups excluding carboxylic acids is 1. The van der Waals surface area contributed by atoms with Crippen molar-refractivity contribution in [3.05, 3.63) is 76.4 Å². The molecule has 43 heavy (non-hydrogen) atoms. The van der Waals surface area contributed by atoms with Gasteiger partial charge in [0, 0.05) is 49.5 Å². The van der Waals surface area contributed by atoms with Gasteiger partial charge in [-0.15, -0.1) is 10.2 Å². The molecule has 0 bridgehead atoms. The topological polar surface area (TPSA) is 110 Å². The summed E-state index contributed by atoms with van der Waals surface area (Å²) in [6.45, 7) is 3.33.